The minimum Gasteiger partial charge on any atom is -0.478 e. The molecule has 0 aromatic carbocycles. The highest BCUT2D eigenvalue weighted by Crippen LogP contribution is 2.07. The fraction of sp³-hybridized carbons (Fsp3) is 0.500. The van der Waals surface area contributed by atoms with Crippen molar-refractivity contribution in [3.63, 3.8) is 0 Å². The monoisotopic (exact) mass is 168 g/mol. The van der Waals surface area contributed by atoms with Crippen LogP contribution >= 0.6 is 0 Å². The van der Waals surface area contributed by atoms with Crippen LogP contribution in [0.5, 0.6) is 0 Å². The molecule has 2 heteroatoms. The van der Waals surface area contributed by atoms with Crippen LogP contribution in [0, 0.1) is 5.92 Å². The molecule has 0 aromatic heterocycles. The summed E-state index contributed by atoms with van der Waals surface area (Å²) >= 11 is 0. The summed E-state index contributed by atoms with van der Waals surface area (Å²) in [5.41, 5.74) is 1.08. The summed E-state index contributed by atoms with van der Waals surface area (Å²) in [5.74, 6) is -0.420. The normalized spacial score (nSPS) is 12.8. The zero-order valence-corrected chi connectivity index (χ0v) is 7.87. The maximum atomic E-state index is 10.2. The van der Waals surface area contributed by atoms with Crippen LogP contribution in [-0.2, 0) is 4.79 Å². The Bertz CT molecular complexity index is 200. The van der Waals surface area contributed by atoms with Crippen molar-refractivity contribution in [2.45, 2.75) is 27.2 Å². The second-order valence-corrected chi connectivity index (χ2v) is 3.01. The van der Waals surface area contributed by atoms with Gasteiger partial charge in [0.05, 0.1) is 0 Å². The van der Waals surface area contributed by atoms with Gasteiger partial charge in [0.25, 0.3) is 0 Å². The Kier molecular flexibility index (Phi) is 5.09. The smallest absolute Gasteiger partial charge is 0.328 e. The molecule has 0 saturated carbocycles. The molecule has 1 N–H and O–H groups in total. The highest BCUT2D eigenvalue weighted by atomic mass is 16.4. The van der Waals surface area contributed by atoms with Gasteiger partial charge in [0.15, 0.2) is 0 Å². The highest BCUT2D eigenvalue weighted by Gasteiger charge is 1.92. The number of hydrogen-bond donors (Lipinski definition) is 1. The van der Waals surface area contributed by atoms with Gasteiger partial charge < -0.3 is 5.11 Å². The fourth-order valence-corrected chi connectivity index (χ4v) is 0.898. The van der Waals surface area contributed by atoms with E-state index in [0.29, 0.717) is 5.92 Å². The Morgan fingerprint density at radius 1 is 1.42 bits per heavy atom. The molecule has 0 amide bonds. The summed E-state index contributed by atoms with van der Waals surface area (Å²) in [4.78, 5) is 10.2. The topological polar surface area (TPSA) is 37.3 Å². The van der Waals surface area contributed by atoms with Crippen molar-refractivity contribution in [3.8, 4) is 0 Å². The third-order valence-electron chi connectivity index (χ3n) is 1.40. The summed E-state index contributed by atoms with van der Waals surface area (Å²) in [6, 6.07) is 0. The van der Waals surface area contributed by atoms with E-state index in [9.17, 15) is 4.79 Å². The zero-order valence-electron chi connectivity index (χ0n) is 7.87. The Morgan fingerprint density at radius 2 is 2.00 bits per heavy atom. The lowest BCUT2D eigenvalue weighted by Gasteiger charge is -1.99. The van der Waals surface area contributed by atoms with E-state index >= 15 is 0 Å². The lowest BCUT2D eigenvalue weighted by atomic mass is 10.1. The van der Waals surface area contributed by atoms with Gasteiger partial charge in [0.2, 0.25) is 0 Å². The van der Waals surface area contributed by atoms with Crippen LogP contribution < -0.4 is 0 Å². The molecule has 12 heavy (non-hydrogen) atoms. The number of carbonyl (C=O) groups is 1. The second kappa shape index (κ2) is 5.58. The summed E-state index contributed by atoms with van der Waals surface area (Å²) in [6.07, 6.45) is 5.78. The van der Waals surface area contributed by atoms with E-state index in [2.05, 4.69) is 19.9 Å². The van der Waals surface area contributed by atoms with Crippen LogP contribution in [0.15, 0.2) is 23.8 Å². The molecule has 0 fully saturated rings. The predicted molar refractivity (Wildman–Crippen MR) is 50.0 cm³/mol. The molecular formula is C10H16O2. The maximum absolute atomic E-state index is 10.2. The quantitative estimate of drug-likeness (QED) is 0.517. The predicted octanol–water partition coefficient (Wildman–Crippen LogP) is 2.62. The standard InChI is InChI=1S/C10H16O2/c1-4-9(7-8(2)3)5-6-10(11)12/h5-8H,4H2,1-3H3,(H,11,12). The summed E-state index contributed by atoms with van der Waals surface area (Å²) in [5, 5.41) is 8.38. The van der Waals surface area contributed by atoms with E-state index in [0.717, 1.165) is 12.0 Å². The van der Waals surface area contributed by atoms with Gasteiger partial charge in [-0.3, -0.25) is 0 Å². The summed E-state index contributed by atoms with van der Waals surface area (Å²) < 4.78 is 0. The van der Waals surface area contributed by atoms with E-state index in [-0.39, 0.29) is 0 Å². The Balaban J connectivity index is 4.27. The molecule has 0 rings (SSSR count). The third kappa shape index (κ3) is 5.71. The van der Waals surface area contributed by atoms with Crippen LogP contribution in [0.2, 0.25) is 0 Å². The lowest BCUT2D eigenvalue weighted by molar-refractivity contribution is -0.131. The van der Waals surface area contributed by atoms with Crippen molar-refractivity contribution in [1.82, 2.24) is 0 Å². The minimum absolute atomic E-state index is 0.471. The SMILES string of the molecule is CCC(C=CC(=O)O)=CC(C)C. The van der Waals surface area contributed by atoms with E-state index in [1.807, 2.05) is 6.92 Å². The van der Waals surface area contributed by atoms with Crippen molar-refractivity contribution >= 4 is 5.97 Å². The minimum atomic E-state index is -0.891. The van der Waals surface area contributed by atoms with E-state index in [4.69, 9.17) is 5.11 Å². The summed E-state index contributed by atoms with van der Waals surface area (Å²) in [6.45, 7) is 6.16. The van der Waals surface area contributed by atoms with Crippen molar-refractivity contribution in [2.75, 3.05) is 0 Å². The van der Waals surface area contributed by atoms with Crippen molar-refractivity contribution < 1.29 is 9.90 Å². The Labute approximate surface area is 73.6 Å². The van der Waals surface area contributed by atoms with E-state index < -0.39 is 5.97 Å². The molecule has 0 aliphatic heterocycles. The largest absolute Gasteiger partial charge is 0.478 e. The highest BCUT2D eigenvalue weighted by molar-refractivity contribution is 5.80. The number of rotatable bonds is 4. The number of hydrogen-bond acceptors (Lipinski definition) is 1. The van der Waals surface area contributed by atoms with Gasteiger partial charge in [-0.25, -0.2) is 4.79 Å². The van der Waals surface area contributed by atoms with Crippen molar-refractivity contribution in [2.24, 2.45) is 5.92 Å². The van der Waals surface area contributed by atoms with Crippen LogP contribution in [0.1, 0.15) is 27.2 Å². The molecule has 0 aromatic rings. The Morgan fingerprint density at radius 3 is 2.33 bits per heavy atom. The molecular weight excluding hydrogens is 152 g/mol. The van der Waals surface area contributed by atoms with E-state index in [1.54, 1.807) is 6.08 Å². The molecule has 2 nitrogen and oxygen atoms in total. The van der Waals surface area contributed by atoms with Gasteiger partial charge in [0, 0.05) is 6.08 Å². The first-order valence-corrected chi connectivity index (χ1v) is 4.18. The molecule has 0 heterocycles. The average molecular weight is 168 g/mol. The molecule has 0 aliphatic carbocycles. The van der Waals surface area contributed by atoms with Gasteiger partial charge in [0.1, 0.15) is 0 Å². The van der Waals surface area contributed by atoms with Gasteiger partial charge in [-0.15, -0.1) is 0 Å². The molecule has 68 valence electrons. The molecule has 0 saturated heterocycles. The number of carboxylic acid groups (broad SMARTS) is 1. The molecule has 0 spiro atoms. The number of allylic oxidation sites excluding steroid dienone is 3. The molecule has 0 unspecified atom stereocenters. The molecule has 0 atom stereocenters. The number of aliphatic carboxylic acids is 1. The molecule has 0 bridgehead atoms. The van der Waals surface area contributed by atoms with Crippen LogP contribution in [0.4, 0.5) is 0 Å². The van der Waals surface area contributed by atoms with Gasteiger partial charge in [-0.2, -0.15) is 0 Å². The van der Waals surface area contributed by atoms with Crippen molar-refractivity contribution in [3.05, 3.63) is 23.8 Å². The van der Waals surface area contributed by atoms with Crippen LogP contribution in [0.25, 0.3) is 0 Å². The third-order valence-corrected chi connectivity index (χ3v) is 1.40. The van der Waals surface area contributed by atoms with Crippen molar-refractivity contribution in [1.29, 1.82) is 0 Å². The zero-order chi connectivity index (χ0) is 9.56. The first kappa shape index (κ1) is 11.0. The van der Waals surface area contributed by atoms with Crippen LogP contribution in [0.3, 0.4) is 0 Å². The maximum Gasteiger partial charge on any atom is 0.328 e. The van der Waals surface area contributed by atoms with Gasteiger partial charge >= 0.3 is 5.97 Å². The molecule has 0 radical (unpaired) electrons. The van der Waals surface area contributed by atoms with E-state index in [1.165, 1.54) is 6.08 Å². The first-order valence-electron chi connectivity index (χ1n) is 4.18. The summed E-state index contributed by atoms with van der Waals surface area (Å²) in [7, 11) is 0. The second-order valence-electron chi connectivity index (χ2n) is 3.01. The average Bonchev–Trinajstić information content (AvgIpc) is 1.97. The van der Waals surface area contributed by atoms with Gasteiger partial charge in [-0.05, 0) is 12.3 Å². The first-order chi connectivity index (χ1) is 5.56. The van der Waals surface area contributed by atoms with Crippen LogP contribution in [-0.4, -0.2) is 11.1 Å². The lowest BCUT2D eigenvalue weighted by Crippen LogP contribution is -1.88. The Hall–Kier alpha value is -1.05. The fourth-order valence-electron chi connectivity index (χ4n) is 0.898. The number of carboxylic acids is 1. The van der Waals surface area contributed by atoms with Gasteiger partial charge in [-0.1, -0.05) is 38.5 Å². The molecule has 0 aliphatic rings.